The minimum atomic E-state index is -3.23. The van der Waals surface area contributed by atoms with Gasteiger partial charge in [0.1, 0.15) is 18.8 Å². The van der Waals surface area contributed by atoms with E-state index >= 15 is 0 Å². The van der Waals surface area contributed by atoms with Crippen LogP contribution in [0.5, 0.6) is 0 Å². The van der Waals surface area contributed by atoms with Crippen molar-refractivity contribution in [2.75, 3.05) is 24.8 Å². The lowest BCUT2D eigenvalue weighted by molar-refractivity contribution is -0.133. The Labute approximate surface area is 270 Å². The van der Waals surface area contributed by atoms with E-state index in [1.54, 1.807) is 24.3 Å². The molecule has 0 saturated carbocycles. The first-order valence-electron chi connectivity index (χ1n) is 14.8. The van der Waals surface area contributed by atoms with Crippen LogP contribution >= 0.6 is 0 Å². The molecule has 2 aliphatic heterocycles. The Morgan fingerprint density at radius 2 is 1.74 bits per heavy atom. The lowest BCUT2D eigenvalue weighted by atomic mass is 9.97. The van der Waals surface area contributed by atoms with Crippen molar-refractivity contribution in [3.05, 3.63) is 88.2 Å². The molecule has 3 heterocycles. The second-order valence-corrected chi connectivity index (χ2v) is 12.9. The normalized spacial score (nSPS) is 20.8. The molecule has 0 radical (unpaired) electrons. The summed E-state index contributed by atoms with van der Waals surface area (Å²) < 4.78 is 53.1. The van der Waals surface area contributed by atoms with Gasteiger partial charge in [-0.2, -0.15) is 4.98 Å². The number of cyclic esters (lactones) is 1. The summed E-state index contributed by atoms with van der Waals surface area (Å²) in [6, 6.07) is 15.8. The second kappa shape index (κ2) is 15.4. The van der Waals surface area contributed by atoms with Crippen LogP contribution in [0.1, 0.15) is 50.5 Å². The van der Waals surface area contributed by atoms with E-state index in [0.717, 1.165) is 40.3 Å². The molecule has 2 aliphatic rings. The summed E-state index contributed by atoms with van der Waals surface area (Å²) >= 11 is 0. The molecule has 1 saturated heterocycles. The molecule has 3 N–H and O–H groups in total. The number of benzene rings is 2. The van der Waals surface area contributed by atoms with Crippen LogP contribution in [0.4, 0.5) is 15.0 Å². The van der Waals surface area contributed by atoms with Crippen LogP contribution in [0.15, 0.2) is 70.5 Å². The van der Waals surface area contributed by atoms with Crippen LogP contribution in [0.3, 0.4) is 0 Å². The van der Waals surface area contributed by atoms with Gasteiger partial charge in [-0.05, 0) is 36.6 Å². The predicted octanol–water partition coefficient (Wildman–Crippen LogP) is 3.32. The smallest absolute Gasteiger partial charge is 0.412 e. The maximum Gasteiger partial charge on any atom is 0.412 e. The summed E-state index contributed by atoms with van der Waals surface area (Å²) in [6.45, 7) is 3.88. The van der Waals surface area contributed by atoms with Gasteiger partial charge >= 0.3 is 17.8 Å². The molecule has 15 heteroatoms. The van der Waals surface area contributed by atoms with Crippen LogP contribution in [0.25, 0.3) is 11.1 Å². The molecule has 0 spiro atoms. The maximum atomic E-state index is 14.1. The minimum absolute atomic E-state index is 0.177. The first-order valence-corrected chi connectivity index (χ1v) is 16.7. The van der Waals surface area contributed by atoms with Gasteiger partial charge < -0.3 is 24.4 Å². The van der Waals surface area contributed by atoms with E-state index < -0.39 is 57.8 Å². The third-order valence-electron chi connectivity index (χ3n) is 7.41. The molecule has 3 aromatic rings. The first-order chi connectivity index (χ1) is 22.3. The maximum absolute atomic E-state index is 14.1. The highest BCUT2D eigenvalue weighted by Gasteiger charge is 2.42. The molecule has 1 fully saturated rings. The topological polar surface area (TPSA) is 183 Å². The highest BCUT2D eigenvalue weighted by atomic mass is 32.2. The van der Waals surface area contributed by atoms with Crippen molar-refractivity contribution in [1.29, 1.82) is 0 Å². The Balaban J connectivity index is 0.000000214. The van der Waals surface area contributed by atoms with E-state index in [2.05, 4.69) is 10.3 Å². The Bertz CT molecular complexity index is 1780. The molecule has 0 aliphatic carbocycles. The van der Waals surface area contributed by atoms with Crippen LogP contribution in [-0.4, -0.2) is 78.0 Å². The number of rotatable bonds is 9. The number of nitrogens with one attached hydrogen (secondary N) is 1. The number of nitrogens with zero attached hydrogens (tertiary/aromatic N) is 2. The predicted molar refractivity (Wildman–Crippen MR) is 168 cm³/mol. The van der Waals surface area contributed by atoms with Gasteiger partial charge in [0.25, 0.3) is 0 Å². The zero-order chi connectivity index (χ0) is 34.3. The quantitative estimate of drug-likeness (QED) is 0.224. The Morgan fingerprint density at radius 3 is 2.34 bits per heavy atom. The van der Waals surface area contributed by atoms with E-state index in [9.17, 15) is 37.4 Å². The number of aromatic nitrogens is 2. The second-order valence-electron chi connectivity index (χ2n) is 10.9. The molecule has 13 nitrogen and oxygen atoms in total. The van der Waals surface area contributed by atoms with Crippen molar-refractivity contribution in [1.82, 2.24) is 9.55 Å². The number of halogens is 1. The summed E-state index contributed by atoms with van der Waals surface area (Å²) in [5.74, 6) is -1.94. The van der Waals surface area contributed by atoms with E-state index in [1.807, 2.05) is 37.3 Å². The van der Waals surface area contributed by atoms with Gasteiger partial charge in [-0.1, -0.05) is 62.2 Å². The summed E-state index contributed by atoms with van der Waals surface area (Å²) in [6.07, 6.45) is -1.09. The molecule has 1 amide bonds. The number of aliphatic hydroxyl groups excluding tert-OH is 2. The van der Waals surface area contributed by atoms with E-state index in [-0.39, 0.29) is 24.1 Å². The van der Waals surface area contributed by atoms with Gasteiger partial charge in [0.05, 0.1) is 29.4 Å². The highest BCUT2D eigenvalue weighted by molar-refractivity contribution is 7.90. The van der Waals surface area contributed by atoms with Crippen molar-refractivity contribution in [3.63, 3.8) is 0 Å². The first kappa shape index (κ1) is 35.4. The number of anilines is 1. The molecule has 252 valence electrons. The van der Waals surface area contributed by atoms with E-state index in [1.165, 1.54) is 13.2 Å². The number of unbranched alkanes of at least 4 members (excludes halogenated alkanes) is 2. The monoisotopic (exact) mass is 673 g/mol. The summed E-state index contributed by atoms with van der Waals surface area (Å²) in [7, 11) is -3.23. The van der Waals surface area contributed by atoms with Crippen molar-refractivity contribution in [2.45, 2.75) is 62.5 Å². The third kappa shape index (κ3) is 8.68. The number of carbonyl (C=O) groups is 2. The third-order valence-corrected chi connectivity index (χ3v) is 8.54. The fourth-order valence-corrected chi connectivity index (χ4v) is 5.49. The standard InChI is InChI=1S/C17H14O4S.C15H22FN3O6/c1-22(19,20)14-9-7-12(8-10-14)15-11-21-17(18)16(15)13-5-3-2-4-6-13;1-3-4-5-6-24-15(23)18-12-9(16)7-19(14(22)17-12)13-11(21)10(20)8(2)25-13/h2-10H,11H2,1H3;7-8,10-11,13,20-21H,3-6H2,1-2H3,(H,17,18,22,23)/t;8-,10-,11-,13-/m.1/s1. The number of ether oxygens (including phenoxy) is 3. The van der Waals surface area contributed by atoms with Crippen LogP contribution in [0.2, 0.25) is 0 Å². The minimum Gasteiger partial charge on any atom is -0.457 e. The van der Waals surface area contributed by atoms with E-state index in [4.69, 9.17) is 14.2 Å². The Hall–Kier alpha value is -4.44. The number of hydrogen-bond acceptors (Lipinski definition) is 11. The Morgan fingerprint density at radius 1 is 1.06 bits per heavy atom. The average Bonchev–Trinajstić information content (AvgIpc) is 3.55. The Kier molecular flexibility index (Phi) is 11.6. The van der Waals surface area contributed by atoms with Crippen LogP contribution < -0.4 is 11.0 Å². The van der Waals surface area contributed by atoms with Crippen LogP contribution in [-0.2, 0) is 28.8 Å². The highest BCUT2D eigenvalue weighted by Crippen LogP contribution is 2.33. The number of sulfone groups is 1. The average molecular weight is 674 g/mol. The fourth-order valence-electron chi connectivity index (χ4n) is 4.86. The summed E-state index contributed by atoms with van der Waals surface area (Å²) in [5, 5.41) is 21.6. The molecule has 1 aromatic heterocycles. The molecule has 0 bridgehead atoms. The van der Waals surface area contributed by atoms with Gasteiger partial charge in [-0.15, -0.1) is 0 Å². The molecule has 5 rings (SSSR count). The number of amides is 1. The zero-order valence-electron chi connectivity index (χ0n) is 26.0. The summed E-state index contributed by atoms with van der Waals surface area (Å²) in [4.78, 5) is 39.3. The number of hydrogen-bond donors (Lipinski definition) is 3. The zero-order valence-corrected chi connectivity index (χ0v) is 26.8. The van der Waals surface area contributed by atoms with Crippen molar-refractivity contribution < 1.29 is 46.8 Å². The van der Waals surface area contributed by atoms with Gasteiger partial charge in [-0.3, -0.25) is 9.88 Å². The number of carbonyl (C=O) groups excluding carboxylic acids is 2. The summed E-state index contributed by atoms with van der Waals surface area (Å²) in [5.41, 5.74) is 1.95. The molecule has 0 unspecified atom stereocenters. The van der Waals surface area contributed by atoms with Crippen LogP contribution in [0, 0.1) is 5.82 Å². The molecular formula is C32H36FN3O10S. The SMILES string of the molecule is CCCCCOC(=O)Nc1nc(=O)n([C@@H]2O[C@H](C)[C@@H](O)[C@H]2O)cc1F.CS(=O)(=O)c1ccc(C2=C(c3ccccc3)C(=O)OC2)cc1. The molecule has 47 heavy (non-hydrogen) atoms. The van der Waals surface area contributed by atoms with Gasteiger partial charge in [0.2, 0.25) is 0 Å². The number of aliphatic hydroxyl groups is 2. The van der Waals surface area contributed by atoms with Gasteiger partial charge in [-0.25, -0.2) is 27.2 Å². The van der Waals surface area contributed by atoms with E-state index in [0.29, 0.717) is 12.0 Å². The fraction of sp³-hybridized carbons (Fsp3) is 0.375. The van der Waals surface area contributed by atoms with Gasteiger partial charge in [0, 0.05) is 11.8 Å². The molecular weight excluding hydrogens is 637 g/mol. The lowest BCUT2D eigenvalue weighted by Crippen LogP contribution is -2.36. The number of esters is 1. The van der Waals surface area contributed by atoms with Crippen molar-refractivity contribution >= 4 is 38.9 Å². The molecule has 2 aromatic carbocycles. The van der Waals surface area contributed by atoms with Crippen molar-refractivity contribution in [3.8, 4) is 0 Å². The van der Waals surface area contributed by atoms with Gasteiger partial charge in [0.15, 0.2) is 27.7 Å². The van der Waals surface area contributed by atoms with Crippen molar-refractivity contribution in [2.24, 2.45) is 0 Å². The lowest BCUT2D eigenvalue weighted by Gasteiger charge is -2.17. The molecule has 4 atom stereocenters. The largest absolute Gasteiger partial charge is 0.457 e.